The zero-order valence-electron chi connectivity index (χ0n) is 12.0. The molecule has 0 saturated carbocycles. The van der Waals surface area contributed by atoms with Crippen molar-refractivity contribution in [1.82, 2.24) is 10.2 Å². The summed E-state index contributed by atoms with van der Waals surface area (Å²) in [5, 5.41) is 3.00. The van der Waals surface area contributed by atoms with Crippen LogP contribution in [-0.4, -0.2) is 37.5 Å². The highest BCUT2D eigenvalue weighted by molar-refractivity contribution is 5.85. The number of hydrogen-bond donors (Lipinski definition) is 1. The summed E-state index contributed by atoms with van der Waals surface area (Å²) >= 11 is 0. The summed E-state index contributed by atoms with van der Waals surface area (Å²) in [6, 6.07) is 0. The zero-order chi connectivity index (χ0) is 11.9. The van der Waals surface area contributed by atoms with Gasteiger partial charge in [-0.1, -0.05) is 0 Å². The molecule has 62 valence electrons. The molecule has 1 aliphatic heterocycles. The molecular formula is C7H17ClN2. The van der Waals surface area contributed by atoms with Crippen molar-refractivity contribution >= 4 is 12.4 Å². The topological polar surface area (TPSA) is 15.3 Å². The summed E-state index contributed by atoms with van der Waals surface area (Å²) in [4.78, 5) is 0.674. The number of hydrogen-bond acceptors (Lipinski definition) is 2. The van der Waals surface area contributed by atoms with Gasteiger partial charge in [0.15, 0.2) is 0 Å². The third-order valence-electron chi connectivity index (χ3n) is 1.89. The van der Waals surface area contributed by atoms with Gasteiger partial charge in [0, 0.05) is 20.3 Å². The highest BCUT2D eigenvalue weighted by Gasteiger charge is 2.29. The van der Waals surface area contributed by atoms with Gasteiger partial charge in [-0.25, -0.2) is 0 Å². The van der Waals surface area contributed by atoms with E-state index >= 15 is 0 Å². The lowest BCUT2D eigenvalue weighted by atomic mass is 10.0. The molecule has 3 heteroatoms. The standard InChI is InChI=1S/C7H16N2.ClH/c1-7(9(2)3)4-5-8-6-7;/h8H,4-6H2,1-3H3;1H/i2D3,3D3;. The van der Waals surface area contributed by atoms with E-state index in [0.717, 1.165) is 0 Å². The van der Waals surface area contributed by atoms with Gasteiger partial charge in [-0.05, 0) is 33.8 Å². The van der Waals surface area contributed by atoms with Gasteiger partial charge in [-0.15, -0.1) is 12.4 Å². The Morgan fingerprint density at radius 3 is 2.70 bits per heavy atom. The highest BCUT2D eigenvalue weighted by Crippen LogP contribution is 2.18. The van der Waals surface area contributed by atoms with Crippen molar-refractivity contribution in [2.24, 2.45) is 0 Å². The fraction of sp³-hybridized carbons (Fsp3) is 1.00. The van der Waals surface area contributed by atoms with Crippen LogP contribution >= 0.6 is 12.4 Å². The molecule has 1 atom stereocenters. The molecule has 1 saturated heterocycles. The molecule has 0 radical (unpaired) electrons. The molecule has 1 aliphatic rings. The van der Waals surface area contributed by atoms with Crippen molar-refractivity contribution in [2.75, 3.05) is 27.0 Å². The van der Waals surface area contributed by atoms with Crippen molar-refractivity contribution in [2.45, 2.75) is 18.9 Å². The first-order valence-electron chi connectivity index (χ1n) is 6.09. The zero-order valence-corrected chi connectivity index (χ0v) is 6.79. The Bertz CT molecular complexity index is 218. The molecule has 0 spiro atoms. The molecule has 0 aromatic rings. The van der Waals surface area contributed by atoms with Crippen LogP contribution in [0, 0.1) is 0 Å². The number of halogens is 1. The molecule has 1 fully saturated rings. The average molecular weight is 171 g/mol. The van der Waals surface area contributed by atoms with Crippen LogP contribution in [0.2, 0.25) is 0 Å². The fourth-order valence-corrected chi connectivity index (χ4v) is 0.995. The minimum Gasteiger partial charge on any atom is -0.315 e. The molecule has 0 aliphatic carbocycles. The average Bonchev–Trinajstić information content (AvgIpc) is 2.27. The SMILES string of the molecule is Cl.[2H]C([2H])([2H])N(C([2H])([2H])[2H])C1(C)CCNC1. The van der Waals surface area contributed by atoms with E-state index in [1.54, 1.807) is 6.92 Å². The van der Waals surface area contributed by atoms with Crippen LogP contribution in [0.4, 0.5) is 0 Å². The summed E-state index contributed by atoms with van der Waals surface area (Å²) in [7, 11) is 0. The summed E-state index contributed by atoms with van der Waals surface area (Å²) in [5.41, 5.74) is -0.823. The van der Waals surface area contributed by atoms with Gasteiger partial charge in [-0.2, -0.15) is 0 Å². The first-order valence-corrected chi connectivity index (χ1v) is 3.09. The van der Waals surface area contributed by atoms with Crippen LogP contribution in [0.5, 0.6) is 0 Å². The van der Waals surface area contributed by atoms with Crippen molar-refractivity contribution in [1.29, 1.82) is 0 Å². The van der Waals surface area contributed by atoms with Crippen LogP contribution in [0.3, 0.4) is 0 Å². The fourth-order valence-electron chi connectivity index (χ4n) is 0.995. The molecule has 1 N–H and O–H groups in total. The van der Waals surface area contributed by atoms with Gasteiger partial charge >= 0.3 is 0 Å². The van der Waals surface area contributed by atoms with Crippen LogP contribution < -0.4 is 5.32 Å². The Hall–Kier alpha value is 0.210. The van der Waals surface area contributed by atoms with E-state index in [4.69, 9.17) is 8.22 Å². The Kier molecular flexibility index (Phi) is 1.33. The molecule has 0 bridgehead atoms. The second-order valence-electron chi connectivity index (χ2n) is 2.76. The Morgan fingerprint density at radius 1 is 1.60 bits per heavy atom. The van der Waals surface area contributed by atoms with Gasteiger partial charge in [0.1, 0.15) is 0 Å². The summed E-state index contributed by atoms with van der Waals surface area (Å²) < 4.78 is 43.8. The van der Waals surface area contributed by atoms with Crippen LogP contribution in [0.1, 0.15) is 21.6 Å². The number of nitrogens with zero attached hydrogens (tertiary/aromatic N) is 1. The maximum atomic E-state index is 7.31. The predicted octanol–water partition coefficient (Wildman–Crippen LogP) is 0.722. The van der Waals surface area contributed by atoms with E-state index in [1.165, 1.54) is 0 Å². The molecule has 2 nitrogen and oxygen atoms in total. The molecule has 0 amide bonds. The lowest BCUT2D eigenvalue weighted by Crippen LogP contribution is -2.42. The maximum Gasteiger partial charge on any atom is 0.0394 e. The second kappa shape index (κ2) is 3.56. The van der Waals surface area contributed by atoms with E-state index < -0.39 is 19.5 Å². The lowest BCUT2D eigenvalue weighted by molar-refractivity contribution is 0.196. The Morgan fingerprint density at radius 2 is 2.30 bits per heavy atom. The van der Waals surface area contributed by atoms with Gasteiger partial charge in [0.05, 0.1) is 0 Å². The highest BCUT2D eigenvalue weighted by atomic mass is 35.5. The summed E-state index contributed by atoms with van der Waals surface area (Å²) in [6.45, 7) is -2.47. The smallest absolute Gasteiger partial charge is 0.0394 e. The quantitative estimate of drug-likeness (QED) is 0.624. The van der Waals surface area contributed by atoms with Gasteiger partial charge in [-0.3, -0.25) is 0 Å². The van der Waals surface area contributed by atoms with Crippen molar-refractivity contribution in [3.05, 3.63) is 0 Å². The third kappa shape index (κ3) is 1.84. The molecule has 10 heavy (non-hydrogen) atoms. The minimum absolute atomic E-state index is 0. The molecule has 0 aromatic carbocycles. The Labute approximate surface area is 77.8 Å². The first kappa shape index (κ1) is 3.74. The number of likely N-dealkylation sites (N-methyl/N-ethyl adjacent to an activating group) is 1. The summed E-state index contributed by atoms with van der Waals surface area (Å²) in [5.74, 6) is 0. The third-order valence-corrected chi connectivity index (χ3v) is 1.89. The van der Waals surface area contributed by atoms with Crippen molar-refractivity contribution < 1.29 is 8.22 Å². The molecule has 1 unspecified atom stereocenters. The molecule has 0 aromatic heterocycles. The molecular weight excluding hydrogens is 148 g/mol. The predicted molar refractivity (Wildman–Crippen MR) is 46.8 cm³/mol. The Balaban J connectivity index is 0.00000225. The largest absolute Gasteiger partial charge is 0.315 e. The molecule has 1 heterocycles. The van der Waals surface area contributed by atoms with Gasteiger partial charge < -0.3 is 10.2 Å². The van der Waals surface area contributed by atoms with E-state index in [1.807, 2.05) is 0 Å². The molecule has 1 rings (SSSR count). The van der Waals surface area contributed by atoms with Crippen LogP contribution in [-0.2, 0) is 0 Å². The normalized spacial score (nSPS) is 43.8. The van der Waals surface area contributed by atoms with Crippen LogP contribution in [0.15, 0.2) is 0 Å². The van der Waals surface area contributed by atoms with E-state index in [2.05, 4.69) is 5.32 Å². The van der Waals surface area contributed by atoms with E-state index in [0.29, 0.717) is 24.4 Å². The number of nitrogens with one attached hydrogen (secondary N) is 1. The minimum atomic E-state index is -2.59. The number of rotatable bonds is 1. The van der Waals surface area contributed by atoms with Gasteiger partial charge in [0.25, 0.3) is 0 Å². The summed E-state index contributed by atoms with van der Waals surface area (Å²) in [6.07, 6.45) is 0.532. The monoisotopic (exact) mass is 170 g/mol. The van der Waals surface area contributed by atoms with Gasteiger partial charge in [0.2, 0.25) is 0 Å². The van der Waals surface area contributed by atoms with Crippen molar-refractivity contribution in [3.8, 4) is 0 Å². The van der Waals surface area contributed by atoms with E-state index in [-0.39, 0.29) is 12.4 Å². The van der Waals surface area contributed by atoms with E-state index in [9.17, 15) is 0 Å². The van der Waals surface area contributed by atoms with Crippen LogP contribution in [0.25, 0.3) is 0 Å². The van der Waals surface area contributed by atoms with Crippen molar-refractivity contribution in [3.63, 3.8) is 0 Å². The first-order chi connectivity index (χ1) is 6.57. The second-order valence-corrected chi connectivity index (χ2v) is 2.76. The maximum absolute atomic E-state index is 7.31. The lowest BCUT2D eigenvalue weighted by Gasteiger charge is -2.30.